The Hall–Kier alpha value is -0.830. The van der Waals surface area contributed by atoms with Crippen molar-refractivity contribution in [3.63, 3.8) is 0 Å². The van der Waals surface area contributed by atoms with Crippen molar-refractivity contribution in [2.75, 3.05) is 0 Å². The summed E-state index contributed by atoms with van der Waals surface area (Å²) in [6.07, 6.45) is 9.04. The molecule has 1 aliphatic rings. The average molecular weight is 263 g/mol. The molecule has 1 aromatic rings. The van der Waals surface area contributed by atoms with Crippen LogP contribution in [0.5, 0.6) is 0 Å². The van der Waals surface area contributed by atoms with Gasteiger partial charge in [-0.25, -0.2) is 0 Å². The van der Waals surface area contributed by atoms with Crippen molar-refractivity contribution in [1.82, 2.24) is 9.78 Å². The second kappa shape index (κ2) is 5.28. The minimum Gasteiger partial charge on any atom is -0.324 e. The number of nitrogens with two attached hydrogens (primary N) is 1. The second-order valence-corrected chi connectivity index (χ2v) is 6.97. The quantitative estimate of drug-likeness (QED) is 0.900. The van der Waals surface area contributed by atoms with E-state index in [2.05, 4.69) is 44.6 Å². The van der Waals surface area contributed by atoms with Crippen LogP contribution >= 0.6 is 0 Å². The van der Waals surface area contributed by atoms with Gasteiger partial charge in [-0.3, -0.25) is 4.68 Å². The molecule has 0 radical (unpaired) electrons. The van der Waals surface area contributed by atoms with E-state index < -0.39 is 0 Å². The molecule has 1 saturated carbocycles. The molecule has 0 aromatic carbocycles. The molecule has 0 saturated heterocycles. The maximum absolute atomic E-state index is 6.74. The van der Waals surface area contributed by atoms with Gasteiger partial charge in [0.25, 0.3) is 0 Å². The first-order valence-corrected chi connectivity index (χ1v) is 7.71. The molecule has 3 nitrogen and oxygen atoms in total. The molecule has 0 amide bonds. The predicted octanol–water partition coefficient (Wildman–Crippen LogP) is 3.69. The summed E-state index contributed by atoms with van der Waals surface area (Å²) in [6.45, 7) is 9.04. The molecule has 1 aliphatic carbocycles. The molecule has 1 aromatic heterocycles. The van der Waals surface area contributed by atoms with Crippen molar-refractivity contribution in [2.45, 2.75) is 77.8 Å². The van der Waals surface area contributed by atoms with E-state index in [0.717, 1.165) is 25.0 Å². The van der Waals surface area contributed by atoms with Crippen LogP contribution in [-0.4, -0.2) is 15.3 Å². The van der Waals surface area contributed by atoms with Crippen LogP contribution in [0.25, 0.3) is 0 Å². The van der Waals surface area contributed by atoms with E-state index >= 15 is 0 Å². The van der Waals surface area contributed by atoms with Crippen LogP contribution in [0.4, 0.5) is 0 Å². The zero-order valence-corrected chi connectivity index (χ0v) is 12.9. The Morgan fingerprint density at radius 3 is 2.68 bits per heavy atom. The van der Waals surface area contributed by atoms with Gasteiger partial charge in [0.1, 0.15) is 0 Å². The first-order chi connectivity index (χ1) is 8.88. The van der Waals surface area contributed by atoms with E-state index in [0.29, 0.717) is 6.04 Å². The highest BCUT2D eigenvalue weighted by molar-refractivity contribution is 5.11. The molecule has 1 heterocycles. The van der Waals surface area contributed by atoms with Gasteiger partial charge in [0.05, 0.1) is 5.69 Å². The summed E-state index contributed by atoms with van der Waals surface area (Å²) in [6, 6.07) is 2.62. The highest BCUT2D eigenvalue weighted by Crippen LogP contribution is 2.43. The van der Waals surface area contributed by atoms with Gasteiger partial charge in [0.15, 0.2) is 0 Å². The first-order valence-electron chi connectivity index (χ1n) is 7.71. The lowest BCUT2D eigenvalue weighted by atomic mass is 9.62. The lowest BCUT2D eigenvalue weighted by Crippen LogP contribution is -2.56. The van der Waals surface area contributed by atoms with E-state index in [4.69, 9.17) is 10.8 Å². The molecular weight excluding hydrogens is 234 g/mol. The fraction of sp³-hybridized carbons (Fsp3) is 0.812. The highest BCUT2D eigenvalue weighted by Gasteiger charge is 2.43. The van der Waals surface area contributed by atoms with Crippen molar-refractivity contribution in [3.8, 4) is 0 Å². The van der Waals surface area contributed by atoms with Crippen LogP contribution in [0, 0.1) is 5.41 Å². The van der Waals surface area contributed by atoms with E-state index in [1.807, 2.05) is 0 Å². The maximum atomic E-state index is 6.74. The third-order valence-corrected chi connectivity index (χ3v) is 5.23. The minimum atomic E-state index is -0.0973. The number of hydrogen-bond donors (Lipinski definition) is 1. The molecule has 0 spiro atoms. The van der Waals surface area contributed by atoms with Gasteiger partial charge in [-0.1, -0.05) is 33.6 Å². The minimum absolute atomic E-state index is 0.0973. The molecule has 0 bridgehead atoms. The van der Waals surface area contributed by atoms with Gasteiger partial charge in [0, 0.05) is 24.2 Å². The Morgan fingerprint density at radius 2 is 2.05 bits per heavy atom. The molecular formula is C16H29N3. The number of aromatic nitrogens is 2. The van der Waals surface area contributed by atoms with Gasteiger partial charge >= 0.3 is 0 Å². The lowest BCUT2D eigenvalue weighted by molar-refractivity contribution is 0.0979. The fourth-order valence-electron chi connectivity index (χ4n) is 3.15. The molecule has 108 valence electrons. The van der Waals surface area contributed by atoms with Crippen LogP contribution in [0.3, 0.4) is 0 Å². The zero-order valence-electron chi connectivity index (χ0n) is 12.9. The smallest absolute Gasteiger partial charge is 0.0643 e. The normalized spacial score (nSPS) is 28.3. The van der Waals surface area contributed by atoms with Crippen LogP contribution in [0.15, 0.2) is 12.3 Å². The highest BCUT2D eigenvalue weighted by atomic mass is 15.3. The monoisotopic (exact) mass is 263 g/mol. The summed E-state index contributed by atoms with van der Waals surface area (Å²) < 4.78 is 2.08. The Balaban J connectivity index is 2.13. The molecule has 2 atom stereocenters. The van der Waals surface area contributed by atoms with Crippen molar-refractivity contribution >= 4 is 0 Å². The molecule has 1 fully saturated rings. The van der Waals surface area contributed by atoms with Gasteiger partial charge < -0.3 is 5.73 Å². The van der Waals surface area contributed by atoms with Crippen molar-refractivity contribution in [1.29, 1.82) is 0 Å². The number of nitrogens with zero attached hydrogens (tertiary/aromatic N) is 2. The Bertz CT molecular complexity index is 421. The SMILES string of the molecule is CCC(C)n1ccc(CC2(N)CCCCC2(C)C)n1. The summed E-state index contributed by atoms with van der Waals surface area (Å²) in [4.78, 5) is 0. The van der Waals surface area contributed by atoms with E-state index in [9.17, 15) is 0 Å². The summed E-state index contributed by atoms with van der Waals surface area (Å²) in [5.41, 5.74) is 8.00. The molecule has 3 heteroatoms. The second-order valence-electron chi connectivity index (χ2n) is 6.97. The van der Waals surface area contributed by atoms with Gasteiger partial charge in [-0.05, 0) is 37.7 Å². The number of hydrogen-bond acceptors (Lipinski definition) is 2. The van der Waals surface area contributed by atoms with E-state index in [-0.39, 0.29) is 11.0 Å². The summed E-state index contributed by atoms with van der Waals surface area (Å²) in [5, 5.41) is 4.72. The molecule has 2 unspecified atom stereocenters. The Kier molecular flexibility index (Phi) is 4.05. The third-order valence-electron chi connectivity index (χ3n) is 5.23. The standard InChI is InChI=1S/C16H29N3/c1-5-13(2)19-11-8-14(18-19)12-16(17)10-7-6-9-15(16,3)4/h8,11,13H,5-7,9-10,12,17H2,1-4H3. The van der Waals surface area contributed by atoms with Crippen LogP contribution in [0.2, 0.25) is 0 Å². The first kappa shape index (κ1) is 14.6. The predicted molar refractivity (Wildman–Crippen MR) is 80.1 cm³/mol. The maximum Gasteiger partial charge on any atom is 0.0643 e. The van der Waals surface area contributed by atoms with Gasteiger partial charge in [-0.2, -0.15) is 5.10 Å². The zero-order chi connectivity index (χ0) is 14.1. The van der Waals surface area contributed by atoms with Gasteiger partial charge in [0.2, 0.25) is 0 Å². The molecule has 0 aliphatic heterocycles. The topological polar surface area (TPSA) is 43.8 Å². The Morgan fingerprint density at radius 1 is 1.37 bits per heavy atom. The van der Waals surface area contributed by atoms with Crippen molar-refractivity contribution < 1.29 is 0 Å². The molecule has 2 rings (SSSR count). The van der Waals surface area contributed by atoms with Crippen LogP contribution < -0.4 is 5.73 Å². The van der Waals surface area contributed by atoms with Crippen LogP contribution in [-0.2, 0) is 6.42 Å². The van der Waals surface area contributed by atoms with Crippen LogP contribution in [0.1, 0.15) is 71.5 Å². The Labute approximate surface area is 117 Å². The summed E-state index contributed by atoms with van der Waals surface area (Å²) in [5.74, 6) is 0. The van der Waals surface area contributed by atoms with Gasteiger partial charge in [-0.15, -0.1) is 0 Å². The average Bonchev–Trinajstić information content (AvgIpc) is 2.80. The van der Waals surface area contributed by atoms with E-state index in [1.165, 1.54) is 19.3 Å². The van der Waals surface area contributed by atoms with Crippen molar-refractivity contribution in [2.24, 2.45) is 11.1 Å². The fourth-order valence-corrected chi connectivity index (χ4v) is 3.15. The third kappa shape index (κ3) is 2.86. The number of rotatable bonds is 4. The van der Waals surface area contributed by atoms with Crippen molar-refractivity contribution in [3.05, 3.63) is 18.0 Å². The van der Waals surface area contributed by atoms with E-state index in [1.54, 1.807) is 0 Å². The summed E-state index contributed by atoms with van der Waals surface area (Å²) in [7, 11) is 0. The molecule has 2 N–H and O–H groups in total. The lowest BCUT2D eigenvalue weighted by Gasteiger charge is -2.47. The summed E-state index contributed by atoms with van der Waals surface area (Å²) >= 11 is 0. The largest absolute Gasteiger partial charge is 0.324 e. The molecule has 19 heavy (non-hydrogen) atoms.